The quantitative estimate of drug-likeness (QED) is 0.0977. The third-order valence-corrected chi connectivity index (χ3v) is 8.39. The van der Waals surface area contributed by atoms with Gasteiger partial charge in [-0.3, -0.25) is 9.59 Å². The molecule has 12 heteroatoms. The molecule has 0 atom stereocenters. The molecule has 222 valence electrons. The topological polar surface area (TPSA) is 105 Å². The summed E-state index contributed by atoms with van der Waals surface area (Å²) in [7, 11) is 0. The smallest absolute Gasteiger partial charge is 0.271 e. The molecule has 0 unspecified atom stereocenters. The zero-order valence-electron chi connectivity index (χ0n) is 23.1. The number of hydrazone groups is 1. The minimum Gasteiger partial charge on any atom is -0.482 e. The van der Waals surface area contributed by atoms with Crippen LogP contribution in [0.2, 0.25) is 5.02 Å². The summed E-state index contributed by atoms with van der Waals surface area (Å²) in [5.74, 6) is -0.358. The maximum Gasteiger partial charge on any atom is 0.271 e. The second kappa shape index (κ2) is 14.6. The van der Waals surface area contributed by atoms with E-state index in [1.54, 1.807) is 36.4 Å². The molecule has 0 spiro atoms. The molecule has 2 amide bonds. The molecule has 1 aromatic heterocycles. The number of nitrogens with one attached hydrogen (secondary N) is 3. The Balaban J connectivity index is 1.19. The number of amides is 2. The van der Waals surface area contributed by atoms with E-state index in [0.29, 0.717) is 32.1 Å². The largest absolute Gasteiger partial charge is 0.482 e. The maximum absolute atomic E-state index is 12.8. The first-order valence-corrected chi connectivity index (χ1v) is 16.0. The molecule has 8 nitrogen and oxygen atoms in total. The van der Waals surface area contributed by atoms with Crippen LogP contribution in [0.5, 0.6) is 5.75 Å². The van der Waals surface area contributed by atoms with Crippen molar-refractivity contribution in [1.29, 1.82) is 0 Å². The molecule has 0 radical (unpaired) electrons. The lowest BCUT2D eigenvalue weighted by Crippen LogP contribution is -2.21. The van der Waals surface area contributed by atoms with Gasteiger partial charge in [0.2, 0.25) is 0 Å². The first-order chi connectivity index (χ1) is 21.2. The Bertz CT molecular complexity index is 1830. The SMILES string of the molecule is Cc1ccc(NC(=O)COc2c(Br)cc(Br)cc2/C=N/NC(=O)c2ccc(-c3csc(Nc4ccccc4)n3)cc2)cc1Cl. The van der Waals surface area contributed by atoms with Gasteiger partial charge in [-0.1, -0.05) is 63.9 Å². The number of aryl methyl sites for hydroxylation is 1. The lowest BCUT2D eigenvalue weighted by atomic mass is 10.1. The maximum atomic E-state index is 12.8. The third-order valence-electron chi connectivity index (χ3n) is 6.18. The zero-order chi connectivity index (χ0) is 31.1. The lowest BCUT2D eigenvalue weighted by Gasteiger charge is -2.12. The van der Waals surface area contributed by atoms with Crippen molar-refractivity contribution in [2.45, 2.75) is 6.92 Å². The molecule has 4 aromatic carbocycles. The number of nitrogens with zero attached hydrogens (tertiary/aromatic N) is 2. The number of thiazole rings is 1. The second-order valence-electron chi connectivity index (χ2n) is 9.41. The summed E-state index contributed by atoms with van der Waals surface area (Å²) < 4.78 is 7.17. The first-order valence-electron chi connectivity index (χ1n) is 13.1. The van der Waals surface area contributed by atoms with E-state index in [1.807, 2.05) is 60.8 Å². The van der Waals surface area contributed by atoms with Crippen LogP contribution in [0.4, 0.5) is 16.5 Å². The summed E-state index contributed by atoms with van der Waals surface area (Å²) in [6, 6.07) is 25.8. The number of hydrogen-bond donors (Lipinski definition) is 3. The van der Waals surface area contributed by atoms with Crippen molar-refractivity contribution in [3.05, 3.63) is 121 Å². The van der Waals surface area contributed by atoms with Crippen LogP contribution < -0.4 is 20.8 Å². The van der Waals surface area contributed by atoms with Gasteiger partial charge in [0.15, 0.2) is 11.7 Å². The van der Waals surface area contributed by atoms with Crippen molar-refractivity contribution in [3.8, 4) is 17.0 Å². The summed E-state index contributed by atoms with van der Waals surface area (Å²) in [5.41, 5.74) is 7.65. The van der Waals surface area contributed by atoms with Crippen molar-refractivity contribution in [3.63, 3.8) is 0 Å². The van der Waals surface area contributed by atoms with Crippen molar-refractivity contribution in [2.24, 2.45) is 5.10 Å². The zero-order valence-corrected chi connectivity index (χ0v) is 27.9. The number of benzene rings is 4. The molecule has 1 heterocycles. The number of aromatic nitrogens is 1. The highest BCUT2D eigenvalue weighted by Gasteiger charge is 2.13. The Morgan fingerprint density at radius 3 is 2.52 bits per heavy atom. The normalized spacial score (nSPS) is 10.9. The van der Waals surface area contributed by atoms with Gasteiger partial charge in [0.25, 0.3) is 11.8 Å². The molecular formula is C32H24Br2ClN5O3S. The van der Waals surface area contributed by atoms with E-state index in [9.17, 15) is 9.59 Å². The molecule has 0 aliphatic carbocycles. The van der Waals surface area contributed by atoms with Crippen LogP contribution in [-0.4, -0.2) is 29.6 Å². The summed E-state index contributed by atoms with van der Waals surface area (Å²) in [6.07, 6.45) is 1.45. The molecule has 0 saturated carbocycles. The molecule has 0 aliphatic heterocycles. The fraction of sp³-hybridized carbons (Fsp3) is 0.0625. The van der Waals surface area contributed by atoms with Gasteiger partial charge in [-0.15, -0.1) is 11.3 Å². The van der Waals surface area contributed by atoms with Crippen molar-refractivity contribution < 1.29 is 14.3 Å². The van der Waals surface area contributed by atoms with E-state index >= 15 is 0 Å². The third kappa shape index (κ3) is 8.32. The minimum absolute atomic E-state index is 0.256. The predicted octanol–water partition coefficient (Wildman–Crippen LogP) is 8.82. The van der Waals surface area contributed by atoms with Gasteiger partial charge >= 0.3 is 0 Å². The van der Waals surface area contributed by atoms with Gasteiger partial charge in [0.05, 0.1) is 16.4 Å². The average molecular weight is 754 g/mol. The van der Waals surface area contributed by atoms with Crippen LogP contribution in [-0.2, 0) is 4.79 Å². The monoisotopic (exact) mass is 751 g/mol. The number of halogens is 3. The summed E-state index contributed by atoms with van der Waals surface area (Å²) in [5, 5.41) is 13.5. The molecule has 5 aromatic rings. The summed E-state index contributed by atoms with van der Waals surface area (Å²) in [6.45, 7) is 1.63. The molecule has 3 N–H and O–H groups in total. The Labute approximate surface area is 279 Å². The number of carbonyl (C=O) groups is 2. The van der Waals surface area contributed by atoms with Crippen LogP contribution in [0.15, 0.2) is 104 Å². The minimum atomic E-state index is -0.384. The van der Waals surface area contributed by atoms with Crippen molar-refractivity contribution in [2.75, 3.05) is 17.2 Å². The highest BCUT2D eigenvalue weighted by Crippen LogP contribution is 2.32. The average Bonchev–Trinajstić information content (AvgIpc) is 3.47. The first kappa shape index (κ1) is 31.4. The highest BCUT2D eigenvalue weighted by molar-refractivity contribution is 9.11. The Hall–Kier alpha value is -4.03. The second-order valence-corrected chi connectivity index (χ2v) is 12.4. The molecule has 0 bridgehead atoms. The fourth-order valence-electron chi connectivity index (χ4n) is 3.96. The Morgan fingerprint density at radius 1 is 1.00 bits per heavy atom. The molecular weight excluding hydrogens is 730 g/mol. The van der Waals surface area contributed by atoms with E-state index in [0.717, 1.165) is 32.1 Å². The van der Waals surface area contributed by atoms with Gasteiger partial charge in [0.1, 0.15) is 5.75 Å². The van der Waals surface area contributed by atoms with E-state index in [1.165, 1.54) is 17.6 Å². The van der Waals surface area contributed by atoms with Crippen LogP contribution in [0.25, 0.3) is 11.3 Å². The number of rotatable bonds is 10. The fourth-order valence-corrected chi connectivity index (χ4v) is 6.25. The predicted molar refractivity (Wildman–Crippen MR) is 184 cm³/mol. The van der Waals surface area contributed by atoms with Gasteiger partial charge in [-0.05, 0) is 76.9 Å². The van der Waals surface area contributed by atoms with Crippen LogP contribution in [0.1, 0.15) is 21.5 Å². The number of anilines is 3. The van der Waals surface area contributed by atoms with E-state index in [-0.39, 0.29) is 18.4 Å². The highest BCUT2D eigenvalue weighted by atomic mass is 79.9. The van der Waals surface area contributed by atoms with Gasteiger partial charge in [0, 0.05) is 42.9 Å². The molecule has 0 fully saturated rings. The number of hydrogen-bond acceptors (Lipinski definition) is 7. The van der Waals surface area contributed by atoms with E-state index in [2.05, 4.69) is 58.0 Å². The van der Waals surface area contributed by atoms with Crippen LogP contribution in [0, 0.1) is 6.92 Å². The number of ether oxygens (including phenoxy) is 1. The van der Waals surface area contributed by atoms with E-state index in [4.69, 9.17) is 16.3 Å². The Morgan fingerprint density at radius 2 is 1.77 bits per heavy atom. The molecule has 0 saturated heterocycles. The van der Waals surface area contributed by atoms with Crippen LogP contribution in [0.3, 0.4) is 0 Å². The standard InChI is InChI=1S/C32H24Br2ClN5O3S/c1-19-7-12-25(15-27(19)35)37-29(41)17-43-30-22(13-23(33)14-26(30)34)16-36-40-31(42)21-10-8-20(9-11-21)28-18-44-32(39-28)38-24-5-3-2-4-6-24/h2-16,18H,17H2,1H3,(H,37,41)(H,38,39)(H,40,42)/b36-16+. The van der Waals surface area contributed by atoms with Crippen molar-refractivity contribution >= 4 is 89.3 Å². The molecule has 5 rings (SSSR count). The van der Waals surface area contributed by atoms with E-state index < -0.39 is 0 Å². The summed E-state index contributed by atoms with van der Waals surface area (Å²) >= 11 is 14.6. The Kier molecular flexibility index (Phi) is 10.4. The molecule has 44 heavy (non-hydrogen) atoms. The number of carbonyl (C=O) groups excluding carboxylic acids is 2. The number of para-hydroxylation sites is 1. The van der Waals surface area contributed by atoms with Crippen LogP contribution >= 0.6 is 54.8 Å². The lowest BCUT2D eigenvalue weighted by molar-refractivity contribution is -0.118. The van der Waals surface area contributed by atoms with Gasteiger partial charge < -0.3 is 15.4 Å². The van der Waals surface area contributed by atoms with Gasteiger partial charge in [-0.2, -0.15) is 5.10 Å². The summed E-state index contributed by atoms with van der Waals surface area (Å²) in [4.78, 5) is 29.9. The van der Waals surface area contributed by atoms with Crippen molar-refractivity contribution in [1.82, 2.24) is 10.4 Å². The van der Waals surface area contributed by atoms with Gasteiger partial charge in [-0.25, -0.2) is 10.4 Å². The molecule has 0 aliphatic rings.